The lowest BCUT2D eigenvalue weighted by molar-refractivity contribution is 0.0967. The molecule has 0 atom stereocenters. The van der Waals surface area contributed by atoms with Gasteiger partial charge in [-0.15, -0.1) is 11.3 Å². The Balaban J connectivity index is 1.99. The Kier molecular flexibility index (Phi) is 3.90. The number of benzene rings is 1. The van der Waals surface area contributed by atoms with Crippen molar-refractivity contribution in [2.45, 2.75) is 0 Å². The molecule has 3 amide bonds. The zero-order chi connectivity index (χ0) is 13.7. The quantitative estimate of drug-likeness (QED) is 0.880. The van der Waals surface area contributed by atoms with Crippen LogP contribution in [0.2, 0.25) is 0 Å². The van der Waals surface area contributed by atoms with Crippen molar-refractivity contribution < 1.29 is 9.59 Å². The molecular weight excluding hydrogens is 262 g/mol. The molecule has 0 spiro atoms. The topological polar surface area (TPSA) is 82.0 Å². The van der Waals surface area contributed by atoms with Crippen LogP contribution in [0.4, 0.5) is 9.80 Å². The first kappa shape index (κ1) is 12.8. The van der Waals surface area contributed by atoms with E-state index in [9.17, 15) is 9.59 Å². The second-order valence-corrected chi connectivity index (χ2v) is 4.47. The van der Waals surface area contributed by atoms with Gasteiger partial charge in [0.05, 0.1) is 5.56 Å². The molecule has 0 aliphatic heterocycles. The number of anilines is 1. The molecule has 0 saturated heterocycles. The highest BCUT2D eigenvalue weighted by Gasteiger charge is 2.12. The predicted molar refractivity (Wildman–Crippen MR) is 72.0 cm³/mol. The molecule has 94 valence electrons. The van der Waals surface area contributed by atoms with Gasteiger partial charge in [-0.1, -0.05) is 18.2 Å². The van der Waals surface area contributed by atoms with Crippen molar-refractivity contribution in [2.75, 3.05) is 5.32 Å². The standard InChI is InChI=1S/C13H9N3O2S/c14-8-10-6-7-19-12(10)16-13(18)15-11(17)9-4-2-1-3-5-9/h1-7H,(H2,15,16,17,18). The fourth-order valence-corrected chi connectivity index (χ4v) is 2.13. The third kappa shape index (κ3) is 3.18. The Morgan fingerprint density at radius 3 is 2.58 bits per heavy atom. The lowest BCUT2D eigenvalue weighted by Crippen LogP contribution is -2.34. The Labute approximate surface area is 113 Å². The Morgan fingerprint density at radius 2 is 1.89 bits per heavy atom. The number of amides is 3. The maximum Gasteiger partial charge on any atom is 0.326 e. The molecule has 1 aromatic carbocycles. The first-order valence-electron chi connectivity index (χ1n) is 5.35. The van der Waals surface area contributed by atoms with E-state index in [1.54, 1.807) is 41.8 Å². The molecule has 6 heteroatoms. The SMILES string of the molecule is N#Cc1ccsc1NC(=O)NC(=O)c1ccccc1. The van der Waals surface area contributed by atoms with Crippen LogP contribution in [0.5, 0.6) is 0 Å². The van der Waals surface area contributed by atoms with Gasteiger partial charge in [0.2, 0.25) is 0 Å². The highest BCUT2D eigenvalue weighted by atomic mass is 32.1. The van der Waals surface area contributed by atoms with Gasteiger partial charge in [0, 0.05) is 5.56 Å². The van der Waals surface area contributed by atoms with E-state index in [4.69, 9.17) is 5.26 Å². The molecule has 0 radical (unpaired) electrons. The Bertz CT molecular complexity index is 643. The summed E-state index contributed by atoms with van der Waals surface area (Å²) >= 11 is 1.22. The number of nitriles is 1. The lowest BCUT2D eigenvalue weighted by atomic mass is 10.2. The number of hydrogen-bond donors (Lipinski definition) is 2. The van der Waals surface area contributed by atoms with E-state index >= 15 is 0 Å². The molecule has 1 aromatic heterocycles. The van der Waals surface area contributed by atoms with Crippen LogP contribution < -0.4 is 10.6 Å². The summed E-state index contributed by atoms with van der Waals surface area (Å²) in [5, 5.41) is 15.6. The summed E-state index contributed by atoms with van der Waals surface area (Å²) in [7, 11) is 0. The van der Waals surface area contributed by atoms with Gasteiger partial charge in [0.15, 0.2) is 0 Å². The van der Waals surface area contributed by atoms with E-state index in [1.165, 1.54) is 11.3 Å². The van der Waals surface area contributed by atoms with Crippen LogP contribution >= 0.6 is 11.3 Å². The number of carbonyl (C=O) groups is 2. The molecule has 0 saturated carbocycles. The zero-order valence-electron chi connectivity index (χ0n) is 9.71. The molecule has 2 aromatic rings. The van der Waals surface area contributed by atoms with Crippen molar-refractivity contribution in [3.8, 4) is 6.07 Å². The summed E-state index contributed by atoms with van der Waals surface area (Å²) in [5.74, 6) is -0.492. The molecule has 0 aliphatic rings. The number of hydrogen-bond acceptors (Lipinski definition) is 4. The van der Waals surface area contributed by atoms with Gasteiger partial charge < -0.3 is 0 Å². The van der Waals surface area contributed by atoms with Crippen molar-refractivity contribution in [1.82, 2.24) is 5.32 Å². The summed E-state index contributed by atoms with van der Waals surface area (Å²) in [6.07, 6.45) is 0. The van der Waals surface area contributed by atoms with Crippen molar-refractivity contribution in [1.29, 1.82) is 5.26 Å². The van der Waals surface area contributed by atoms with Crippen LogP contribution in [0, 0.1) is 11.3 Å². The van der Waals surface area contributed by atoms with E-state index in [0.29, 0.717) is 16.1 Å². The zero-order valence-corrected chi connectivity index (χ0v) is 10.5. The minimum Gasteiger partial charge on any atom is -0.298 e. The van der Waals surface area contributed by atoms with Crippen LogP contribution in [-0.2, 0) is 0 Å². The van der Waals surface area contributed by atoms with Crippen LogP contribution in [0.3, 0.4) is 0 Å². The number of thiophene rings is 1. The van der Waals surface area contributed by atoms with Crippen LogP contribution in [-0.4, -0.2) is 11.9 Å². The van der Waals surface area contributed by atoms with Crippen LogP contribution in [0.15, 0.2) is 41.8 Å². The summed E-state index contributed by atoms with van der Waals surface area (Å²) in [5.41, 5.74) is 0.761. The molecule has 2 N–H and O–H groups in total. The summed E-state index contributed by atoms with van der Waals surface area (Å²) in [6, 6.07) is 11.3. The van der Waals surface area contributed by atoms with Crippen molar-refractivity contribution >= 4 is 28.3 Å². The number of nitrogens with one attached hydrogen (secondary N) is 2. The maximum atomic E-state index is 11.7. The molecule has 2 rings (SSSR count). The summed E-state index contributed by atoms with van der Waals surface area (Å²) < 4.78 is 0. The second kappa shape index (κ2) is 5.80. The van der Waals surface area contributed by atoms with E-state index in [-0.39, 0.29) is 0 Å². The van der Waals surface area contributed by atoms with E-state index in [1.807, 2.05) is 6.07 Å². The number of urea groups is 1. The molecule has 1 heterocycles. The van der Waals surface area contributed by atoms with Crippen molar-refractivity contribution in [3.63, 3.8) is 0 Å². The Morgan fingerprint density at radius 1 is 1.16 bits per heavy atom. The number of carbonyl (C=O) groups excluding carboxylic acids is 2. The molecule has 0 fully saturated rings. The minimum absolute atomic E-state index is 0.368. The predicted octanol–water partition coefficient (Wildman–Crippen LogP) is 2.58. The molecule has 0 unspecified atom stereocenters. The van der Waals surface area contributed by atoms with Crippen molar-refractivity contribution in [2.24, 2.45) is 0 Å². The lowest BCUT2D eigenvalue weighted by Gasteiger charge is -2.05. The first-order chi connectivity index (χ1) is 9.20. The van der Waals surface area contributed by atoms with Gasteiger partial charge in [-0.3, -0.25) is 15.4 Å². The smallest absolute Gasteiger partial charge is 0.298 e. The second-order valence-electron chi connectivity index (χ2n) is 3.55. The fourth-order valence-electron chi connectivity index (χ4n) is 1.39. The van der Waals surface area contributed by atoms with E-state index < -0.39 is 11.9 Å². The average molecular weight is 271 g/mol. The Hall–Kier alpha value is -2.65. The average Bonchev–Trinajstić information content (AvgIpc) is 2.86. The maximum absolute atomic E-state index is 11.7. The highest BCUT2D eigenvalue weighted by Crippen LogP contribution is 2.21. The van der Waals surface area contributed by atoms with Crippen LogP contribution in [0.1, 0.15) is 15.9 Å². The van der Waals surface area contributed by atoms with Gasteiger partial charge in [0.25, 0.3) is 5.91 Å². The fraction of sp³-hybridized carbons (Fsp3) is 0. The molecule has 5 nitrogen and oxygen atoms in total. The monoisotopic (exact) mass is 271 g/mol. The normalized spacial score (nSPS) is 9.42. The molecular formula is C13H9N3O2S. The molecule has 19 heavy (non-hydrogen) atoms. The van der Waals surface area contributed by atoms with E-state index in [2.05, 4.69) is 10.6 Å². The number of imide groups is 1. The van der Waals surface area contributed by atoms with E-state index in [0.717, 1.165) is 0 Å². The van der Waals surface area contributed by atoms with Gasteiger partial charge >= 0.3 is 6.03 Å². The number of nitrogens with zero attached hydrogens (tertiary/aromatic N) is 1. The third-order valence-corrected chi connectivity index (χ3v) is 3.11. The largest absolute Gasteiger partial charge is 0.326 e. The van der Waals surface area contributed by atoms with Gasteiger partial charge in [0.1, 0.15) is 11.1 Å². The summed E-state index contributed by atoms with van der Waals surface area (Å²) in [4.78, 5) is 23.3. The molecule has 0 bridgehead atoms. The minimum atomic E-state index is -0.659. The highest BCUT2D eigenvalue weighted by molar-refractivity contribution is 7.14. The number of rotatable bonds is 2. The van der Waals surface area contributed by atoms with Crippen molar-refractivity contribution in [3.05, 3.63) is 52.9 Å². The third-order valence-electron chi connectivity index (χ3n) is 2.28. The summed E-state index contributed by atoms with van der Waals surface area (Å²) in [6.45, 7) is 0. The van der Waals surface area contributed by atoms with Gasteiger partial charge in [-0.05, 0) is 23.6 Å². The molecule has 0 aliphatic carbocycles. The van der Waals surface area contributed by atoms with Gasteiger partial charge in [-0.2, -0.15) is 5.26 Å². The first-order valence-corrected chi connectivity index (χ1v) is 6.23. The van der Waals surface area contributed by atoms with Gasteiger partial charge in [-0.25, -0.2) is 4.79 Å². The van der Waals surface area contributed by atoms with Crippen LogP contribution in [0.25, 0.3) is 0 Å².